The second-order valence-corrected chi connectivity index (χ2v) is 6.20. The minimum absolute atomic E-state index is 0.0541. The van der Waals surface area contributed by atoms with Crippen molar-refractivity contribution in [2.24, 2.45) is 0 Å². The summed E-state index contributed by atoms with van der Waals surface area (Å²) in [4.78, 5) is 24.1. The molecule has 1 heterocycles. The van der Waals surface area contributed by atoms with Crippen molar-refractivity contribution in [3.63, 3.8) is 0 Å². The van der Waals surface area contributed by atoms with Crippen LogP contribution in [0.5, 0.6) is 11.5 Å². The highest BCUT2D eigenvalue weighted by atomic mass is 19.4. The van der Waals surface area contributed by atoms with Crippen LogP contribution in [0.15, 0.2) is 65.3 Å². The zero-order valence-electron chi connectivity index (χ0n) is 16.2. The molecule has 2 aromatic carbocycles. The molecule has 0 aliphatic carbocycles. The lowest BCUT2D eigenvalue weighted by Crippen LogP contribution is -2.22. The van der Waals surface area contributed by atoms with Crippen molar-refractivity contribution in [3.8, 4) is 11.5 Å². The van der Waals surface area contributed by atoms with E-state index in [2.05, 4.69) is 10.6 Å². The van der Waals surface area contributed by atoms with Gasteiger partial charge in [0.2, 0.25) is 0 Å². The van der Waals surface area contributed by atoms with Gasteiger partial charge in [0, 0.05) is 5.69 Å². The fraction of sp³-hybridized carbons (Fsp3) is 0.143. The van der Waals surface area contributed by atoms with Gasteiger partial charge in [0.1, 0.15) is 11.5 Å². The first kappa shape index (κ1) is 21.8. The predicted molar refractivity (Wildman–Crippen MR) is 105 cm³/mol. The summed E-state index contributed by atoms with van der Waals surface area (Å²) in [6, 6.07) is 12.2. The summed E-state index contributed by atoms with van der Waals surface area (Å²) in [5.74, 6) is -0.605. The summed E-state index contributed by atoms with van der Waals surface area (Å²) in [6.45, 7) is -0.499. The molecule has 0 saturated carbocycles. The largest absolute Gasteiger partial charge is 0.497 e. The van der Waals surface area contributed by atoms with E-state index in [0.717, 1.165) is 12.1 Å². The summed E-state index contributed by atoms with van der Waals surface area (Å²) in [5.41, 5.74) is -1.70. The fourth-order valence-corrected chi connectivity index (χ4v) is 2.57. The van der Waals surface area contributed by atoms with Gasteiger partial charge in [-0.15, -0.1) is 0 Å². The number of ether oxygens (including phenoxy) is 2. The first-order valence-corrected chi connectivity index (χ1v) is 8.89. The van der Waals surface area contributed by atoms with Crippen molar-refractivity contribution in [3.05, 3.63) is 72.2 Å². The maximum atomic E-state index is 13.5. The Morgan fingerprint density at radius 3 is 2.32 bits per heavy atom. The number of methoxy groups -OCH3 is 1. The zero-order valence-corrected chi connectivity index (χ0v) is 16.2. The number of furan rings is 1. The first-order chi connectivity index (χ1) is 14.8. The topological polar surface area (TPSA) is 89.8 Å². The molecule has 1 aromatic heterocycles. The van der Waals surface area contributed by atoms with Crippen molar-refractivity contribution in [2.45, 2.75) is 6.18 Å². The number of hydrogen-bond acceptors (Lipinski definition) is 5. The van der Waals surface area contributed by atoms with E-state index >= 15 is 0 Å². The monoisotopic (exact) mass is 434 g/mol. The average Bonchev–Trinajstić information content (AvgIpc) is 3.28. The maximum Gasteiger partial charge on any atom is 0.418 e. The Morgan fingerprint density at radius 2 is 1.71 bits per heavy atom. The van der Waals surface area contributed by atoms with E-state index in [4.69, 9.17) is 13.9 Å². The van der Waals surface area contributed by atoms with Gasteiger partial charge < -0.3 is 24.5 Å². The third-order valence-electron chi connectivity index (χ3n) is 4.03. The number of hydrogen-bond donors (Lipinski definition) is 2. The molecule has 0 atom stereocenters. The van der Waals surface area contributed by atoms with Crippen LogP contribution in [0.3, 0.4) is 0 Å². The molecule has 3 aromatic rings. The van der Waals surface area contributed by atoms with Crippen LogP contribution in [-0.2, 0) is 11.0 Å². The molecule has 162 valence electrons. The van der Waals surface area contributed by atoms with E-state index in [1.165, 1.54) is 31.6 Å². The molecule has 3 rings (SSSR count). The second kappa shape index (κ2) is 9.24. The molecular formula is C21H17F3N2O5. The van der Waals surface area contributed by atoms with Crippen LogP contribution >= 0.6 is 0 Å². The Labute approximate surface area is 174 Å². The molecular weight excluding hydrogens is 417 g/mol. The van der Waals surface area contributed by atoms with Crippen LogP contribution in [0.4, 0.5) is 24.5 Å². The standard InChI is InChI=1S/C21H17F3N2O5/c1-29-14-5-7-15(8-6-14)31-12-19(27)26-17-9-4-13(11-16(17)21(22,23)24)25-20(28)18-3-2-10-30-18/h2-11H,12H2,1H3,(H,25,28)(H,26,27). The molecule has 0 unspecified atom stereocenters. The average molecular weight is 434 g/mol. The van der Waals surface area contributed by atoms with Gasteiger partial charge in [0.15, 0.2) is 12.4 Å². The Balaban J connectivity index is 1.69. The highest BCUT2D eigenvalue weighted by Crippen LogP contribution is 2.36. The van der Waals surface area contributed by atoms with Gasteiger partial charge >= 0.3 is 6.18 Å². The number of amides is 2. The Morgan fingerprint density at radius 1 is 1.00 bits per heavy atom. The first-order valence-electron chi connectivity index (χ1n) is 8.89. The lowest BCUT2D eigenvalue weighted by Gasteiger charge is -2.16. The number of carbonyl (C=O) groups is 2. The third kappa shape index (κ3) is 5.78. The fourth-order valence-electron chi connectivity index (χ4n) is 2.57. The minimum atomic E-state index is -4.77. The van der Waals surface area contributed by atoms with Crippen LogP contribution in [0, 0.1) is 0 Å². The van der Waals surface area contributed by atoms with E-state index in [1.54, 1.807) is 24.3 Å². The van der Waals surface area contributed by atoms with E-state index in [1.807, 2.05) is 0 Å². The quantitative estimate of drug-likeness (QED) is 0.568. The molecule has 0 aliphatic heterocycles. The van der Waals surface area contributed by atoms with Crippen LogP contribution < -0.4 is 20.1 Å². The number of nitrogens with one attached hydrogen (secondary N) is 2. The molecule has 10 heteroatoms. The molecule has 7 nitrogen and oxygen atoms in total. The minimum Gasteiger partial charge on any atom is -0.497 e. The number of anilines is 2. The molecule has 0 spiro atoms. The lowest BCUT2D eigenvalue weighted by molar-refractivity contribution is -0.137. The van der Waals surface area contributed by atoms with Crippen LogP contribution in [-0.4, -0.2) is 25.5 Å². The molecule has 0 saturated heterocycles. The number of carbonyl (C=O) groups excluding carboxylic acids is 2. The molecule has 31 heavy (non-hydrogen) atoms. The molecule has 2 N–H and O–H groups in total. The smallest absolute Gasteiger partial charge is 0.418 e. The maximum absolute atomic E-state index is 13.5. The number of benzene rings is 2. The van der Waals surface area contributed by atoms with Crippen molar-refractivity contribution < 1.29 is 36.7 Å². The van der Waals surface area contributed by atoms with Crippen LogP contribution in [0.25, 0.3) is 0 Å². The third-order valence-corrected chi connectivity index (χ3v) is 4.03. The highest BCUT2D eigenvalue weighted by molar-refractivity contribution is 6.02. The van der Waals surface area contributed by atoms with Gasteiger partial charge in [-0.05, 0) is 54.6 Å². The second-order valence-electron chi connectivity index (χ2n) is 6.20. The van der Waals surface area contributed by atoms with Crippen LogP contribution in [0.2, 0.25) is 0 Å². The van der Waals surface area contributed by atoms with Gasteiger partial charge in [-0.3, -0.25) is 9.59 Å². The van der Waals surface area contributed by atoms with Crippen molar-refractivity contribution in [1.82, 2.24) is 0 Å². The number of rotatable bonds is 7. The summed E-state index contributed by atoms with van der Waals surface area (Å²) >= 11 is 0. The van der Waals surface area contributed by atoms with E-state index in [9.17, 15) is 22.8 Å². The van der Waals surface area contributed by atoms with E-state index < -0.39 is 35.8 Å². The van der Waals surface area contributed by atoms with Gasteiger partial charge in [-0.2, -0.15) is 13.2 Å². The summed E-state index contributed by atoms with van der Waals surface area (Å²) < 4.78 is 55.6. The number of halogens is 3. The predicted octanol–water partition coefficient (Wildman–Crippen LogP) is 4.58. The van der Waals surface area contributed by atoms with Crippen molar-refractivity contribution >= 4 is 23.2 Å². The SMILES string of the molecule is COc1ccc(OCC(=O)Nc2ccc(NC(=O)c3ccco3)cc2C(F)(F)F)cc1. The van der Waals surface area contributed by atoms with E-state index in [-0.39, 0.29) is 11.4 Å². The van der Waals surface area contributed by atoms with E-state index in [0.29, 0.717) is 11.5 Å². The molecule has 2 amide bonds. The zero-order chi connectivity index (χ0) is 22.4. The summed E-state index contributed by atoms with van der Waals surface area (Å²) in [6.07, 6.45) is -3.51. The Kier molecular flexibility index (Phi) is 6.49. The van der Waals surface area contributed by atoms with Gasteiger partial charge in [0.25, 0.3) is 11.8 Å². The lowest BCUT2D eigenvalue weighted by atomic mass is 10.1. The van der Waals surface area contributed by atoms with Gasteiger partial charge in [-0.25, -0.2) is 0 Å². The highest BCUT2D eigenvalue weighted by Gasteiger charge is 2.34. The normalized spacial score (nSPS) is 11.0. The molecule has 0 radical (unpaired) electrons. The molecule has 0 bridgehead atoms. The molecule has 0 aliphatic rings. The Bertz CT molecular complexity index is 1050. The van der Waals surface area contributed by atoms with Crippen LogP contribution in [0.1, 0.15) is 16.1 Å². The summed E-state index contributed by atoms with van der Waals surface area (Å²) in [5, 5.41) is 4.49. The van der Waals surface area contributed by atoms with Crippen molar-refractivity contribution in [1.29, 1.82) is 0 Å². The van der Waals surface area contributed by atoms with Gasteiger partial charge in [-0.1, -0.05) is 0 Å². The number of alkyl halides is 3. The Hall–Kier alpha value is -3.95. The summed E-state index contributed by atoms with van der Waals surface area (Å²) in [7, 11) is 1.50. The van der Waals surface area contributed by atoms with Crippen molar-refractivity contribution in [2.75, 3.05) is 24.4 Å². The molecule has 0 fully saturated rings. The van der Waals surface area contributed by atoms with Gasteiger partial charge in [0.05, 0.1) is 24.6 Å².